The number of rotatable bonds is 4. The number of aryl methyl sites for hydroxylation is 1. The van der Waals surface area contributed by atoms with Crippen LogP contribution >= 0.6 is 0 Å². The first kappa shape index (κ1) is 13.1. The van der Waals surface area contributed by atoms with Crippen LogP contribution in [0.2, 0.25) is 0 Å². The molecular weight excluding hydrogens is 242 g/mol. The number of benzene rings is 1. The summed E-state index contributed by atoms with van der Waals surface area (Å²) in [6, 6.07) is 6.10. The molecule has 0 saturated carbocycles. The summed E-state index contributed by atoms with van der Waals surface area (Å²) in [5, 5.41) is 3.17. The summed E-state index contributed by atoms with van der Waals surface area (Å²) in [6.07, 6.45) is 1.38. The molecule has 1 aromatic carbocycles. The maximum absolute atomic E-state index is 5.52. The molecule has 6 nitrogen and oxygen atoms in total. The Hall–Kier alpha value is -2.37. The number of methoxy groups -OCH3 is 1. The Morgan fingerprint density at radius 1 is 1.32 bits per heavy atom. The molecule has 1 atom stereocenters. The first-order valence-corrected chi connectivity index (χ1v) is 5.95. The van der Waals surface area contributed by atoms with Crippen LogP contribution in [0.4, 0.5) is 11.9 Å². The van der Waals surface area contributed by atoms with Gasteiger partial charge in [-0.1, -0.05) is 12.1 Å². The zero-order valence-electron chi connectivity index (χ0n) is 11.2. The van der Waals surface area contributed by atoms with Crippen molar-refractivity contribution in [3.8, 4) is 5.75 Å². The number of nitrogen functional groups attached to an aromatic ring is 1. The van der Waals surface area contributed by atoms with Crippen LogP contribution in [0.3, 0.4) is 0 Å². The molecule has 0 bridgehead atoms. The third-order valence-electron chi connectivity index (χ3n) is 2.87. The molecule has 1 aromatic heterocycles. The summed E-state index contributed by atoms with van der Waals surface area (Å²) >= 11 is 0. The Morgan fingerprint density at radius 3 is 2.79 bits per heavy atom. The molecule has 0 aliphatic carbocycles. The number of anilines is 2. The third-order valence-corrected chi connectivity index (χ3v) is 2.87. The minimum atomic E-state index is 0.0382. The maximum atomic E-state index is 5.52. The fourth-order valence-corrected chi connectivity index (χ4v) is 1.76. The monoisotopic (exact) mass is 259 g/mol. The van der Waals surface area contributed by atoms with E-state index in [1.807, 2.05) is 32.0 Å². The van der Waals surface area contributed by atoms with Crippen molar-refractivity contribution in [3.05, 3.63) is 35.7 Å². The molecule has 2 aromatic rings. The van der Waals surface area contributed by atoms with E-state index in [4.69, 9.17) is 10.5 Å². The van der Waals surface area contributed by atoms with E-state index in [1.165, 1.54) is 6.33 Å². The normalized spacial score (nSPS) is 11.9. The molecule has 19 heavy (non-hydrogen) atoms. The fourth-order valence-electron chi connectivity index (χ4n) is 1.76. The summed E-state index contributed by atoms with van der Waals surface area (Å²) in [4.78, 5) is 11.8. The first-order chi connectivity index (χ1) is 9.10. The van der Waals surface area contributed by atoms with Crippen LogP contribution in [0.25, 0.3) is 0 Å². The third kappa shape index (κ3) is 3.09. The lowest BCUT2D eigenvalue weighted by Gasteiger charge is -2.15. The Labute approximate surface area is 112 Å². The SMILES string of the molecule is COc1cc(C(C)Nc2ncnc(N)n2)ccc1C. The lowest BCUT2D eigenvalue weighted by molar-refractivity contribution is 0.411. The highest BCUT2D eigenvalue weighted by Crippen LogP contribution is 2.24. The van der Waals surface area contributed by atoms with Gasteiger partial charge in [-0.3, -0.25) is 0 Å². The molecule has 0 radical (unpaired) electrons. The van der Waals surface area contributed by atoms with Crippen LogP contribution in [0, 0.1) is 6.92 Å². The minimum Gasteiger partial charge on any atom is -0.496 e. The Balaban J connectivity index is 2.18. The van der Waals surface area contributed by atoms with Crippen molar-refractivity contribution in [2.75, 3.05) is 18.2 Å². The summed E-state index contributed by atoms with van der Waals surface area (Å²) < 4.78 is 5.32. The lowest BCUT2D eigenvalue weighted by atomic mass is 10.1. The number of nitrogens with one attached hydrogen (secondary N) is 1. The average Bonchev–Trinajstić information content (AvgIpc) is 2.39. The van der Waals surface area contributed by atoms with Gasteiger partial charge in [-0.2, -0.15) is 4.98 Å². The van der Waals surface area contributed by atoms with Crippen LogP contribution in [0.5, 0.6) is 5.75 Å². The molecule has 0 aliphatic heterocycles. The van der Waals surface area contributed by atoms with E-state index in [2.05, 4.69) is 20.3 Å². The smallest absolute Gasteiger partial charge is 0.227 e. The molecule has 2 rings (SSSR count). The van der Waals surface area contributed by atoms with Gasteiger partial charge in [0.25, 0.3) is 0 Å². The number of nitrogens with two attached hydrogens (primary N) is 1. The number of nitrogens with zero attached hydrogens (tertiary/aromatic N) is 3. The second-order valence-electron chi connectivity index (χ2n) is 4.26. The minimum absolute atomic E-state index is 0.0382. The highest BCUT2D eigenvalue weighted by molar-refractivity contribution is 5.40. The van der Waals surface area contributed by atoms with E-state index in [1.54, 1.807) is 7.11 Å². The first-order valence-electron chi connectivity index (χ1n) is 5.95. The van der Waals surface area contributed by atoms with Gasteiger partial charge in [0, 0.05) is 0 Å². The maximum Gasteiger partial charge on any atom is 0.227 e. The fraction of sp³-hybridized carbons (Fsp3) is 0.308. The van der Waals surface area contributed by atoms with Crippen molar-refractivity contribution in [3.63, 3.8) is 0 Å². The molecule has 0 aliphatic rings. The van der Waals surface area contributed by atoms with E-state index in [-0.39, 0.29) is 12.0 Å². The van der Waals surface area contributed by atoms with Gasteiger partial charge >= 0.3 is 0 Å². The number of ether oxygens (including phenoxy) is 1. The van der Waals surface area contributed by atoms with Gasteiger partial charge in [-0.15, -0.1) is 0 Å². The zero-order chi connectivity index (χ0) is 13.8. The van der Waals surface area contributed by atoms with Crippen molar-refractivity contribution in [1.82, 2.24) is 15.0 Å². The molecule has 100 valence electrons. The van der Waals surface area contributed by atoms with Crippen LogP contribution in [0.1, 0.15) is 24.1 Å². The molecule has 0 spiro atoms. The predicted molar refractivity (Wildman–Crippen MR) is 74.0 cm³/mol. The van der Waals surface area contributed by atoms with Gasteiger partial charge < -0.3 is 15.8 Å². The molecule has 0 saturated heterocycles. The molecule has 6 heteroatoms. The van der Waals surface area contributed by atoms with Gasteiger partial charge in [0.1, 0.15) is 12.1 Å². The molecule has 1 unspecified atom stereocenters. The van der Waals surface area contributed by atoms with Crippen LogP contribution in [0.15, 0.2) is 24.5 Å². The Kier molecular flexibility index (Phi) is 3.79. The molecule has 3 N–H and O–H groups in total. The topological polar surface area (TPSA) is 86.0 Å². The highest BCUT2D eigenvalue weighted by Gasteiger charge is 2.09. The van der Waals surface area contributed by atoms with E-state index in [9.17, 15) is 0 Å². The van der Waals surface area contributed by atoms with Crippen LogP contribution in [-0.4, -0.2) is 22.1 Å². The summed E-state index contributed by atoms with van der Waals surface area (Å²) in [7, 11) is 1.66. The molecule has 0 amide bonds. The van der Waals surface area contributed by atoms with Gasteiger partial charge in [0.2, 0.25) is 11.9 Å². The largest absolute Gasteiger partial charge is 0.496 e. The second-order valence-corrected chi connectivity index (χ2v) is 4.26. The molecule has 1 heterocycles. The van der Waals surface area contributed by atoms with Gasteiger partial charge in [-0.05, 0) is 31.0 Å². The summed E-state index contributed by atoms with van der Waals surface area (Å²) in [5.74, 6) is 1.52. The quantitative estimate of drug-likeness (QED) is 0.872. The van der Waals surface area contributed by atoms with Crippen molar-refractivity contribution < 1.29 is 4.74 Å². The van der Waals surface area contributed by atoms with Crippen molar-refractivity contribution >= 4 is 11.9 Å². The van der Waals surface area contributed by atoms with E-state index < -0.39 is 0 Å². The highest BCUT2D eigenvalue weighted by atomic mass is 16.5. The number of hydrogen-bond acceptors (Lipinski definition) is 6. The Bertz CT molecular complexity index is 573. The zero-order valence-corrected chi connectivity index (χ0v) is 11.2. The second kappa shape index (κ2) is 5.51. The van der Waals surface area contributed by atoms with E-state index >= 15 is 0 Å². The summed E-state index contributed by atoms with van der Waals surface area (Å²) in [6.45, 7) is 4.03. The van der Waals surface area contributed by atoms with Crippen molar-refractivity contribution in [1.29, 1.82) is 0 Å². The van der Waals surface area contributed by atoms with E-state index in [0.717, 1.165) is 16.9 Å². The number of aromatic nitrogens is 3. The average molecular weight is 259 g/mol. The lowest BCUT2D eigenvalue weighted by Crippen LogP contribution is -2.11. The number of hydrogen-bond donors (Lipinski definition) is 2. The van der Waals surface area contributed by atoms with Crippen LogP contribution in [-0.2, 0) is 0 Å². The predicted octanol–water partition coefficient (Wildman–Crippen LogP) is 1.94. The van der Waals surface area contributed by atoms with Crippen molar-refractivity contribution in [2.45, 2.75) is 19.9 Å². The van der Waals surface area contributed by atoms with Gasteiger partial charge in [-0.25, -0.2) is 9.97 Å². The summed E-state index contributed by atoms with van der Waals surface area (Å²) in [5.41, 5.74) is 7.70. The standard InChI is InChI=1S/C13H17N5O/c1-8-4-5-10(6-11(8)19-3)9(2)17-13-16-7-15-12(14)18-13/h4-7,9H,1-3H3,(H3,14,15,16,17,18). The van der Waals surface area contributed by atoms with Gasteiger partial charge in [0.05, 0.1) is 13.2 Å². The Morgan fingerprint density at radius 2 is 2.11 bits per heavy atom. The van der Waals surface area contributed by atoms with Crippen LogP contribution < -0.4 is 15.8 Å². The molecule has 0 fully saturated rings. The van der Waals surface area contributed by atoms with Crippen molar-refractivity contribution in [2.24, 2.45) is 0 Å². The molecular formula is C13H17N5O. The van der Waals surface area contributed by atoms with Gasteiger partial charge in [0.15, 0.2) is 0 Å². The van der Waals surface area contributed by atoms with E-state index in [0.29, 0.717) is 5.95 Å².